The van der Waals surface area contributed by atoms with Gasteiger partial charge in [-0.25, -0.2) is 0 Å². The molecule has 0 spiro atoms. The number of hydrogen-bond donors (Lipinski definition) is 2. The minimum Gasteiger partial charge on any atom is -0.361 e. The van der Waals surface area contributed by atoms with Gasteiger partial charge in [0, 0.05) is 29.4 Å². The molecule has 0 saturated carbocycles. The number of rotatable bonds is 7. The van der Waals surface area contributed by atoms with E-state index in [1.54, 1.807) is 6.07 Å². The molecule has 2 N–H and O–H groups in total. The number of para-hydroxylation sites is 1. The van der Waals surface area contributed by atoms with E-state index in [2.05, 4.69) is 35.4 Å². The molecule has 32 heavy (non-hydrogen) atoms. The maximum Gasteiger partial charge on any atom is 0.221 e. The molecule has 0 radical (unpaired) electrons. The number of aromatic nitrogens is 1. The van der Waals surface area contributed by atoms with Crippen molar-refractivity contribution < 1.29 is 4.79 Å². The monoisotopic (exact) mass is 464 g/mol. The lowest BCUT2D eigenvalue weighted by atomic mass is 9.87. The first-order valence-corrected chi connectivity index (χ1v) is 11.6. The lowest BCUT2D eigenvalue weighted by Gasteiger charge is -2.20. The Bertz CT molecular complexity index is 1230. The van der Waals surface area contributed by atoms with Crippen LogP contribution in [-0.4, -0.2) is 10.9 Å². The van der Waals surface area contributed by atoms with Gasteiger partial charge in [-0.1, -0.05) is 84.7 Å². The molecule has 3 nitrogen and oxygen atoms in total. The Hall–Kier alpha value is -2.75. The van der Waals surface area contributed by atoms with Crippen LogP contribution in [0.5, 0.6) is 0 Å². The van der Waals surface area contributed by atoms with Crippen molar-refractivity contribution in [1.82, 2.24) is 10.3 Å². The lowest BCUT2D eigenvalue weighted by Crippen LogP contribution is -2.28. The highest BCUT2D eigenvalue weighted by atomic mass is 35.5. The zero-order chi connectivity index (χ0) is 22.7. The van der Waals surface area contributed by atoms with Gasteiger partial charge in [-0.05, 0) is 47.7 Å². The van der Waals surface area contributed by atoms with E-state index in [0.717, 1.165) is 34.0 Å². The van der Waals surface area contributed by atoms with E-state index in [9.17, 15) is 4.79 Å². The van der Waals surface area contributed by atoms with Crippen LogP contribution in [-0.2, 0) is 11.2 Å². The summed E-state index contributed by atoms with van der Waals surface area (Å²) in [7, 11) is 0. The minimum absolute atomic E-state index is 0.0154. The van der Waals surface area contributed by atoms with Gasteiger partial charge in [0.1, 0.15) is 0 Å². The normalized spacial score (nSPS) is 13.1. The number of carbonyl (C=O) groups excluding carboxylic acids is 1. The lowest BCUT2D eigenvalue weighted by molar-refractivity contribution is -0.121. The van der Waals surface area contributed by atoms with E-state index >= 15 is 0 Å². The number of aromatic amines is 1. The molecule has 0 aliphatic heterocycles. The average molecular weight is 465 g/mol. The quantitative estimate of drug-likeness (QED) is 0.293. The Kier molecular flexibility index (Phi) is 6.88. The van der Waals surface area contributed by atoms with Crippen molar-refractivity contribution >= 4 is 40.0 Å². The largest absolute Gasteiger partial charge is 0.361 e. The summed E-state index contributed by atoms with van der Waals surface area (Å²) < 4.78 is 0. The first-order valence-electron chi connectivity index (χ1n) is 10.9. The number of amides is 1. The van der Waals surface area contributed by atoms with Crippen molar-refractivity contribution in [2.45, 2.75) is 38.6 Å². The Balaban J connectivity index is 1.69. The van der Waals surface area contributed by atoms with E-state index in [1.165, 1.54) is 5.56 Å². The van der Waals surface area contributed by atoms with Crippen molar-refractivity contribution in [3.05, 3.63) is 105 Å². The first-order chi connectivity index (χ1) is 15.5. The number of aryl methyl sites for hydroxylation is 1. The molecule has 0 saturated heterocycles. The zero-order valence-corrected chi connectivity index (χ0v) is 19.7. The van der Waals surface area contributed by atoms with Crippen molar-refractivity contribution in [2.24, 2.45) is 0 Å². The van der Waals surface area contributed by atoms with Gasteiger partial charge in [0.2, 0.25) is 5.91 Å². The molecule has 4 aromatic rings. The number of hydrogen-bond acceptors (Lipinski definition) is 1. The second-order valence-corrected chi connectivity index (χ2v) is 8.88. The van der Waals surface area contributed by atoms with Gasteiger partial charge in [0.15, 0.2) is 0 Å². The molecule has 3 aromatic carbocycles. The molecule has 1 heterocycles. The van der Waals surface area contributed by atoms with Gasteiger partial charge in [-0.15, -0.1) is 0 Å². The van der Waals surface area contributed by atoms with Gasteiger partial charge in [-0.3, -0.25) is 4.79 Å². The molecule has 0 aliphatic rings. The molecule has 1 amide bonds. The fraction of sp³-hybridized carbons (Fsp3) is 0.222. The van der Waals surface area contributed by atoms with E-state index in [4.69, 9.17) is 23.2 Å². The van der Waals surface area contributed by atoms with E-state index in [-0.39, 0.29) is 17.9 Å². The maximum atomic E-state index is 13.1. The molecular formula is C27H26Cl2N2O. The van der Waals surface area contributed by atoms with Crippen LogP contribution in [0.2, 0.25) is 10.0 Å². The molecule has 2 atom stereocenters. The fourth-order valence-corrected chi connectivity index (χ4v) is 4.58. The van der Waals surface area contributed by atoms with Gasteiger partial charge >= 0.3 is 0 Å². The summed E-state index contributed by atoms with van der Waals surface area (Å²) in [6.07, 6.45) is 3.26. The average Bonchev–Trinajstić information content (AvgIpc) is 3.24. The van der Waals surface area contributed by atoms with Gasteiger partial charge in [0.25, 0.3) is 0 Å². The van der Waals surface area contributed by atoms with E-state index in [0.29, 0.717) is 16.5 Å². The summed E-state index contributed by atoms with van der Waals surface area (Å²) in [5.41, 5.74) is 5.49. The highest BCUT2D eigenvalue weighted by molar-refractivity contribution is 6.42. The second kappa shape index (κ2) is 9.81. The summed E-state index contributed by atoms with van der Waals surface area (Å²) in [6.45, 7) is 4.14. The van der Waals surface area contributed by atoms with Crippen molar-refractivity contribution in [3.8, 4) is 0 Å². The highest BCUT2D eigenvalue weighted by Gasteiger charge is 2.23. The summed E-state index contributed by atoms with van der Waals surface area (Å²) in [5, 5.41) is 5.27. The van der Waals surface area contributed by atoms with E-state index in [1.807, 2.05) is 55.6 Å². The number of benzene rings is 3. The first kappa shape index (κ1) is 22.4. The third-order valence-corrected chi connectivity index (χ3v) is 6.74. The SMILES string of the molecule is CCc1cccc2c([C@@H](CC(=O)N[C@H](C)c3ccccc3)c3ccc(Cl)c(Cl)c3)c[nH]c12. The predicted octanol–water partition coefficient (Wildman–Crippen LogP) is 7.44. The molecule has 5 heteroatoms. The standard InChI is InChI=1S/C27H26Cl2N2O/c1-3-18-10-7-11-21-23(16-30-27(18)21)22(20-12-13-24(28)25(29)14-20)15-26(32)31-17(2)19-8-5-4-6-9-19/h4-14,16-17,22,30H,3,15H2,1-2H3,(H,31,32)/t17-,22+/m1/s1. The Morgan fingerprint density at radius 1 is 0.969 bits per heavy atom. The number of fused-ring (bicyclic) bond motifs is 1. The van der Waals surface area contributed by atoms with Crippen molar-refractivity contribution in [3.63, 3.8) is 0 Å². The fourth-order valence-electron chi connectivity index (χ4n) is 4.27. The highest BCUT2D eigenvalue weighted by Crippen LogP contribution is 2.37. The third-order valence-electron chi connectivity index (χ3n) is 6.00. The van der Waals surface area contributed by atoms with E-state index < -0.39 is 0 Å². The van der Waals surface area contributed by atoms with Crippen LogP contribution in [0, 0.1) is 0 Å². The van der Waals surface area contributed by atoms with Crippen molar-refractivity contribution in [2.75, 3.05) is 0 Å². The maximum absolute atomic E-state index is 13.1. The minimum atomic E-state index is -0.159. The third kappa shape index (κ3) is 4.69. The Labute approximate surface area is 198 Å². The van der Waals surface area contributed by atoms with Gasteiger partial charge < -0.3 is 10.3 Å². The topological polar surface area (TPSA) is 44.9 Å². The molecule has 1 aromatic heterocycles. The number of H-pyrrole nitrogens is 1. The molecule has 0 fully saturated rings. The number of nitrogens with one attached hydrogen (secondary N) is 2. The van der Waals surface area contributed by atoms with Gasteiger partial charge in [-0.2, -0.15) is 0 Å². The van der Waals surface area contributed by atoms with Gasteiger partial charge in [0.05, 0.1) is 16.1 Å². The summed E-state index contributed by atoms with van der Waals surface area (Å²) in [4.78, 5) is 16.6. The summed E-state index contributed by atoms with van der Waals surface area (Å²) in [6, 6.07) is 21.8. The molecule has 0 bridgehead atoms. The number of halogens is 2. The summed E-state index contributed by atoms with van der Waals surface area (Å²) >= 11 is 12.5. The van der Waals surface area contributed by atoms with Crippen LogP contribution in [0.1, 0.15) is 54.5 Å². The molecule has 4 rings (SSSR count). The smallest absolute Gasteiger partial charge is 0.221 e. The summed E-state index contributed by atoms with van der Waals surface area (Å²) in [5.74, 6) is -0.174. The second-order valence-electron chi connectivity index (χ2n) is 8.07. The van der Waals surface area contributed by atoms with Crippen LogP contribution in [0.4, 0.5) is 0 Å². The van der Waals surface area contributed by atoms with Crippen LogP contribution >= 0.6 is 23.2 Å². The van der Waals surface area contributed by atoms with Crippen LogP contribution < -0.4 is 5.32 Å². The molecule has 0 unspecified atom stereocenters. The zero-order valence-electron chi connectivity index (χ0n) is 18.2. The van der Waals surface area contributed by atoms with Crippen LogP contribution in [0.25, 0.3) is 10.9 Å². The Morgan fingerprint density at radius 2 is 1.75 bits per heavy atom. The van der Waals surface area contributed by atoms with Crippen molar-refractivity contribution in [1.29, 1.82) is 0 Å². The van der Waals surface area contributed by atoms with Crippen LogP contribution in [0.3, 0.4) is 0 Å². The Morgan fingerprint density at radius 3 is 2.47 bits per heavy atom. The number of carbonyl (C=O) groups is 1. The molecular weight excluding hydrogens is 439 g/mol. The predicted molar refractivity (Wildman–Crippen MR) is 134 cm³/mol. The van der Waals surface area contributed by atoms with Crippen LogP contribution in [0.15, 0.2) is 72.9 Å². The molecule has 0 aliphatic carbocycles. The molecule has 164 valence electrons.